The summed E-state index contributed by atoms with van der Waals surface area (Å²) in [5, 5.41) is 9.07. The van der Waals surface area contributed by atoms with Crippen LogP contribution >= 0.6 is 8.20 Å². The second kappa shape index (κ2) is 9.66. The lowest BCUT2D eigenvalue weighted by Gasteiger charge is -2.11. The van der Waals surface area contributed by atoms with Crippen LogP contribution in [0.25, 0.3) is 16.8 Å². The number of hydrogen-bond donors (Lipinski definition) is 1. The largest absolute Gasteiger partial charge is 0.416 e. The van der Waals surface area contributed by atoms with Crippen molar-refractivity contribution in [2.75, 3.05) is 0 Å². The second-order valence-corrected chi connectivity index (χ2v) is 7.30. The van der Waals surface area contributed by atoms with Crippen LogP contribution in [0.4, 0.5) is 13.2 Å². The quantitative estimate of drug-likeness (QED) is 0.398. The molecule has 0 aliphatic heterocycles. The van der Waals surface area contributed by atoms with E-state index in [1.807, 2.05) is 61.9 Å². The Bertz CT molecular complexity index is 979. The van der Waals surface area contributed by atoms with Gasteiger partial charge in [-0.1, -0.05) is 56.8 Å². The number of nitrogens with one attached hydrogen (secondary N) is 1. The van der Waals surface area contributed by atoms with Gasteiger partial charge < -0.3 is 5.41 Å². The predicted molar refractivity (Wildman–Crippen MR) is 117 cm³/mol. The molecule has 5 heteroatoms. The molecule has 0 spiro atoms. The third kappa shape index (κ3) is 5.77. The first-order chi connectivity index (χ1) is 13.2. The van der Waals surface area contributed by atoms with Gasteiger partial charge in [0, 0.05) is 5.71 Å². The van der Waals surface area contributed by atoms with Crippen LogP contribution in [0.3, 0.4) is 0 Å². The van der Waals surface area contributed by atoms with E-state index in [1.165, 1.54) is 12.2 Å². The molecule has 2 aromatic carbocycles. The van der Waals surface area contributed by atoms with Crippen LogP contribution in [0.5, 0.6) is 0 Å². The molecule has 146 valence electrons. The summed E-state index contributed by atoms with van der Waals surface area (Å²) in [6.45, 7) is 5.69. The molecule has 0 fully saturated rings. The summed E-state index contributed by atoms with van der Waals surface area (Å²) >= 11 is 0. The van der Waals surface area contributed by atoms with E-state index in [9.17, 15) is 13.2 Å². The molecule has 0 aromatic heterocycles. The van der Waals surface area contributed by atoms with Crippen molar-refractivity contribution in [1.82, 2.24) is 0 Å². The van der Waals surface area contributed by atoms with Crippen molar-refractivity contribution in [2.45, 2.75) is 33.4 Å². The van der Waals surface area contributed by atoms with E-state index < -0.39 is 11.7 Å². The summed E-state index contributed by atoms with van der Waals surface area (Å²) in [6, 6.07) is 9.84. The van der Waals surface area contributed by atoms with Crippen LogP contribution in [-0.4, -0.2) is 17.7 Å². The van der Waals surface area contributed by atoms with Gasteiger partial charge in [0.2, 0.25) is 0 Å². The molecule has 28 heavy (non-hydrogen) atoms. The van der Waals surface area contributed by atoms with Crippen LogP contribution in [0, 0.1) is 12.3 Å². The summed E-state index contributed by atoms with van der Waals surface area (Å²) in [5.41, 5.74) is 2.93. The van der Waals surface area contributed by atoms with E-state index in [4.69, 9.17) is 5.41 Å². The number of fused-ring (bicyclic) bond motifs is 3. The minimum absolute atomic E-state index is 0.305. The van der Waals surface area contributed by atoms with Gasteiger partial charge >= 0.3 is 6.18 Å². The Balaban J connectivity index is 0.000000300. The summed E-state index contributed by atoms with van der Waals surface area (Å²) in [6.07, 6.45) is 2.02. The smallest absolute Gasteiger partial charge is 0.305 e. The molecule has 1 aliphatic carbocycles. The van der Waals surface area contributed by atoms with Gasteiger partial charge in [0.1, 0.15) is 0 Å². The highest BCUT2D eigenvalue weighted by atomic mass is 31.1. The number of aryl methyl sites for hydroxylation is 1. The van der Waals surface area contributed by atoms with Gasteiger partial charge in [0.15, 0.2) is 0 Å². The third-order valence-electron chi connectivity index (χ3n) is 4.19. The average Bonchev–Trinajstić information content (AvgIpc) is 2.86. The molecule has 0 amide bonds. The molecule has 0 saturated heterocycles. The maximum atomic E-state index is 12.8. The van der Waals surface area contributed by atoms with Crippen molar-refractivity contribution in [2.24, 2.45) is 0 Å². The van der Waals surface area contributed by atoms with Gasteiger partial charge in [-0.2, -0.15) is 13.2 Å². The van der Waals surface area contributed by atoms with E-state index in [2.05, 4.69) is 0 Å². The predicted octanol–water partition coefficient (Wildman–Crippen LogP) is 7.51. The highest BCUT2D eigenvalue weighted by Gasteiger charge is 2.32. The van der Waals surface area contributed by atoms with Gasteiger partial charge in [-0.15, -0.1) is 0 Å². The van der Waals surface area contributed by atoms with Crippen molar-refractivity contribution < 1.29 is 13.2 Å². The number of benzene rings is 2. The molecular formula is C23H23F3NP. The standard InChI is InChI=1S/C17H13F3.C6H10NP/c1-11-10-12-4-2-3-5-15(12)16-9-7-13(17(18,19)20)6-8-14(11)16;1-3-4-8-5-6(2)7/h2-8,10H,9H2,1H3;3-5,7H,1-2H3/b;4-3-,7-6?. The van der Waals surface area contributed by atoms with Gasteiger partial charge in [-0.3, -0.25) is 0 Å². The summed E-state index contributed by atoms with van der Waals surface area (Å²) in [5.74, 6) is 3.85. The van der Waals surface area contributed by atoms with Gasteiger partial charge in [0.05, 0.1) is 5.57 Å². The topological polar surface area (TPSA) is 23.9 Å². The fraction of sp³-hybridized carbons (Fsp3) is 0.217. The molecule has 0 bridgehead atoms. The lowest BCUT2D eigenvalue weighted by Crippen LogP contribution is -2.09. The number of halogens is 3. The highest BCUT2D eigenvalue weighted by Crippen LogP contribution is 2.34. The van der Waals surface area contributed by atoms with Crippen LogP contribution in [0.1, 0.15) is 30.5 Å². The van der Waals surface area contributed by atoms with E-state index in [1.54, 1.807) is 13.0 Å². The molecule has 0 radical (unpaired) electrons. The Labute approximate surface area is 165 Å². The maximum absolute atomic E-state index is 12.8. The lowest BCUT2D eigenvalue weighted by atomic mass is 9.93. The monoisotopic (exact) mass is 401 g/mol. The Kier molecular flexibility index (Phi) is 7.53. The van der Waals surface area contributed by atoms with Crippen LogP contribution in [0.15, 0.2) is 60.0 Å². The maximum Gasteiger partial charge on any atom is 0.416 e. The molecule has 1 N–H and O–H groups in total. The molecule has 0 saturated carbocycles. The van der Waals surface area contributed by atoms with E-state index in [-0.39, 0.29) is 0 Å². The summed E-state index contributed by atoms with van der Waals surface area (Å²) in [4.78, 5) is 0. The molecule has 2 aromatic rings. The van der Waals surface area contributed by atoms with E-state index >= 15 is 0 Å². The molecule has 0 unspecified atom stereocenters. The Morgan fingerprint density at radius 2 is 1.89 bits per heavy atom. The average molecular weight is 401 g/mol. The Morgan fingerprint density at radius 1 is 1.18 bits per heavy atom. The first kappa shape index (κ1) is 21.8. The minimum atomic E-state index is -4.29. The van der Waals surface area contributed by atoms with Crippen molar-refractivity contribution >= 4 is 36.6 Å². The minimum Gasteiger partial charge on any atom is -0.305 e. The zero-order valence-corrected chi connectivity index (χ0v) is 17.0. The van der Waals surface area contributed by atoms with E-state index in [0.717, 1.165) is 35.7 Å². The SMILES string of the molecule is C/C=C\P=CC(C)=N.Cc1cc2ccccc2c2c1C=CC(C(F)(F)F)=CC2. The molecule has 3 rings (SSSR count). The van der Waals surface area contributed by atoms with Crippen LogP contribution in [-0.2, 0) is 6.42 Å². The van der Waals surface area contributed by atoms with Crippen molar-refractivity contribution in [3.63, 3.8) is 0 Å². The van der Waals surface area contributed by atoms with Crippen molar-refractivity contribution in [3.05, 3.63) is 76.6 Å². The summed E-state index contributed by atoms with van der Waals surface area (Å²) in [7, 11) is 1.11. The fourth-order valence-corrected chi connectivity index (χ4v) is 3.43. The van der Waals surface area contributed by atoms with Crippen LogP contribution in [0.2, 0.25) is 0 Å². The first-order valence-electron chi connectivity index (χ1n) is 8.90. The normalized spacial score (nSPS) is 13.9. The number of alkyl halides is 3. The zero-order valence-electron chi connectivity index (χ0n) is 16.1. The van der Waals surface area contributed by atoms with Gasteiger partial charge in [0.25, 0.3) is 0 Å². The number of hydrogen-bond acceptors (Lipinski definition) is 1. The number of rotatable bonds is 2. The second-order valence-electron chi connectivity index (χ2n) is 6.45. The van der Waals surface area contributed by atoms with E-state index in [0.29, 0.717) is 12.1 Å². The first-order valence-corrected chi connectivity index (χ1v) is 9.93. The van der Waals surface area contributed by atoms with Crippen molar-refractivity contribution in [1.29, 1.82) is 5.41 Å². The van der Waals surface area contributed by atoms with Gasteiger partial charge in [-0.05, 0) is 72.3 Å². The zero-order chi connectivity index (χ0) is 20.7. The molecule has 0 atom stereocenters. The van der Waals surface area contributed by atoms with Crippen molar-refractivity contribution in [3.8, 4) is 0 Å². The van der Waals surface area contributed by atoms with Gasteiger partial charge in [-0.25, -0.2) is 0 Å². The summed E-state index contributed by atoms with van der Waals surface area (Å²) < 4.78 is 38.5. The van der Waals surface area contributed by atoms with Crippen LogP contribution < -0.4 is 0 Å². The Hall–Kier alpha value is -2.45. The molecule has 1 nitrogen and oxygen atoms in total. The molecule has 1 aliphatic rings. The third-order valence-corrected chi connectivity index (χ3v) is 5.20. The molecular weight excluding hydrogens is 378 g/mol. The Morgan fingerprint density at radius 3 is 2.54 bits per heavy atom. The molecule has 0 heterocycles. The number of allylic oxidation sites excluding steroid dienone is 4. The fourth-order valence-electron chi connectivity index (χ4n) is 2.95. The lowest BCUT2D eigenvalue weighted by molar-refractivity contribution is -0.0883. The highest BCUT2D eigenvalue weighted by molar-refractivity contribution is 7.44.